The third-order valence-electron chi connectivity index (χ3n) is 3.88. The fourth-order valence-electron chi connectivity index (χ4n) is 2.63. The van der Waals surface area contributed by atoms with Crippen LogP contribution in [0.5, 0.6) is 17.2 Å². The van der Waals surface area contributed by atoms with Crippen LogP contribution in [0.3, 0.4) is 0 Å². The first-order valence-electron chi connectivity index (χ1n) is 7.82. The largest absolute Gasteiger partial charge is 0.496 e. The number of hydrogen-bond donors (Lipinski definition) is 1. The first-order valence-corrected chi connectivity index (χ1v) is 8.20. The molecule has 0 atom stereocenters. The van der Waals surface area contributed by atoms with Crippen molar-refractivity contribution in [3.8, 4) is 23.3 Å². The molecule has 0 fully saturated rings. The summed E-state index contributed by atoms with van der Waals surface area (Å²) in [7, 11) is 4.72. The monoisotopic (exact) mass is 360 g/mol. The molecule has 132 valence electrons. The maximum Gasteiger partial charge on any atom is 0.142 e. The van der Waals surface area contributed by atoms with Crippen LogP contribution in [0, 0.1) is 11.3 Å². The van der Waals surface area contributed by atoms with Gasteiger partial charge in [-0.2, -0.15) is 5.26 Å². The summed E-state index contributed by atoms with van der Waals surface area (Å²) in [6.07, 6.45) is 0.681. The molecule has 6 heteroatoms. The molecule has 0 aliphatic carbocycles. The Morgan fingerprint density at radius 3 is 2.40 bits per heavy atom. The van der Waals surface area contributed by atoms with Crippen molar-refractivity contribution in [3.63, 3.8) is 0 Å². The predicted octanol–water partition coefficient (Wildman–Crippen LogP) is 3.57. The van der Waals surface area contributed by atoms with E-state index >= 15 is 0 Å². The van der Waals surface area contributed by atoms with Crippen LogP contribution in [0.4, 0.5) is 0 Å². The van der Waals surface area contributed by atoms with E-state index in [-0.39, 0.29) is 10.6 Å². The van der Waals surface area contributed by atoms with Crippen LogP contribution >= 0.6 is 11.6 Å². The standard InChI is InChI=1S/C19H21ClN2O3/c1-23-16-7-5-4-6-14(16)12-22-9-8-13-10-17(24-2)15(11-21)18(20)19(13)25-3/h4-7,10,22H,8-9,12H2,1-3H3. The first kappa shape index (κ1) is 18.9. The minimum atomic E-state index is 0.282. The van der Waals surface area contributed by atoms with E-state index < -0.39 is 0 Å². The van der Waals surface area contributed by atoms with Crippen molar-refractivity contribution >= 4 is 11.6 Å². The highest BCUT2D eigenvalue weighted by Crippen LogP contribution is 2.38. The molecule has 2 aromatic rings. The SMILES string of the molecule is COc1ccccc1CNCCc1cc(OC)c(C#N)c(Cl)c1OC. The van der Waals surface area contributed by atoms with E-state index in [1.807, 2.05) is 24.3 Å². The number of methoxy groups -OCH3 is 3. The van der Waals surface area contributed by atoms with Crippen LogP contribution in [0.2, 0.25) is 5.02 Å². The first-order chi connectivity index (χ1) is 12.2. The van der Waals surface area contributed by atoms with Crippen molar-refractivity contribution in [1.82, 2.24) is 5.32 Å². The smallest absolute Gasteiger partial charge is 0.142 e. The maximum atomic E-state index is 9.24. The number of para-hydroxylation sites is 1. The Morgan fingerprint density at radius 1 is 1.04 bits per heavy atom. The van der Waals surface area contributed by atoms with Gasteiger partial charge in [-0.1, -0.05) is 29.8 Å². The quantitative estimate of drug-likeness (QED) is 0.729. The topological polar surface area (TPSA) is 63.5 Å². The molecular weight excluding hydrogens is 340 g/mol. The Labute approximate surface area is 153 Å². The molecule has 0 amide bonds. The molecule has 0 aromatic heterocycles. The van der Waals surface area contributed by atoms with Gasteiger partial charge in [0.05, 0.1) is 21.3 Å². The van der Waals surface area contributed by atoms with Crippen LogP contribution in [-0.4, -0.2) is 27.9 Å². The summed E-state index contributed by atoms with van der Waals surface area (Å²) >= 11 is 6.28. The van der Waals surface area contributed by atoms with Gasteiger partial charge in [0.2, 0.25) is 0 Å². The number of benzene rings is 2. The molecule has 0 radical (unpaired) electrons. The lowest BCUT2D eigenvalue weighted by molar-refractivity contribution is 0.397. The fourth-order valence-corrected chi connectivity index (χ4v) is 2.96. The van der Waals surface area contributed by atoms with E-state index in [2.05, 4.69) is 11.4 Å². The molecule has 0 saturated carbocycles. The molecule has 0 aliphatic rings. The zero-order valence-corrected chi connectivity index (χ0v) is 15.3. The number of rotatable bonds is 8. The predicted molar refractivity (Wildman–Crippen MR) is 97.7 cm³/mol. The van der Waals surface area contributed by atoms with Gasteiger partial charge in [0.25, 0.3) is 0 Å². The van der Waals surface area contributed by atoms with Crippen LogP contribution in [0.15, 0.2) is 30.3 Å². The van der Waals surface area contributed by atoms with Gasteiger partial charge < -0.3 is 19.5 Å². The lowest BCUT2D eigenvalue weighted by Gasteiger charge is -2.15. The molecule has 0 heterocycles. The number of hydrogen-bond acceptors (Lipinski definition) is 5. The number of nitrogens with zero attached hydrogens (tertiary/aromatic N) is 1. The second-order valence-electron chi connectivity index (χ2n) is 5.31. The van der Waals surface area contributed by atoms with Gasteiger partial charge in [-0.15, -0.1) is 0 Å². The molecule has 25 heavy (non-hydrogen) atoms. The molecule has 5 nitrogen and oxygen atoms in total. The number of halogens is 1. The zero-order chi connectivity index (χ0) is 18.2. The van der Waals surface area contributed by atoms with Crippen LogP contribution in [0.1, 0.15) is 16.7 Å². The second kappa shape index (κ2) is 9.16. The minimum Gasteiger partial charge on any atom is -0.496 e. The maximum absolute atomic E-state index is 9.24. The molecule has 0 saturated heterocycles. The summed E-state index contributed by atoms with van der Waals surface area (Å²) in [5, 5.41) is 12.9. The van der Waals surface area contributed by atoms with Crippen molar-refractivity contribution < 1.29 is 14.2 Å². The molecule has 0 unspecified atom stereocenters. The Balaban J connectivity index is 2.08. The average Bonchev–Trinajstić information content (AvgIpc) is 2.65. The van der Waals surface area contributed by atoms with Gasteiger partial charge in [0.15, 0.2) is 0 Å². The molecule has 1 N–H and O–H groups in total. The van der Waals surface area contributed by atoms with Crippen LogP contribution < -0.4 is 19.5 Å². The van der Waals surface area contributed by atoms with Gasteiger partial charge in [-0.3, -0.25) is 0 Å². The molecule has 0 bridgehead atoms. The van der Waals surface area contributed by atoms with Crippen molar-refractivity contribution in [2.45, 2.75) is 13.0 Å². The second-order valence-corrected chi connectivity index (χ2v) is 5.69. The van der Waals surface area contributed by atoms with E-state index in [9.17, 15) is 5.26 Å². The lowest BCUT2D eigenvalue weighted by atomic mass is 10.1. The van der Waals surface area contributed by atoms with Crippen molar-refractivity contribution in [2.24, 2.45) is 0 Å². The fraction of sp³-hybridized carbons (Fsp3) is 0.316. The Bertz CT molecular complexity index is 772. The number of ether oxygens (including phenoxy) is 3. The summed E-state index contributed by atoms with van der Waals surface area (Å²) in [5.74, 6) is 1.82. The third-order valence-corrected chi connectivity index (χ3v) is 4.24. The van der Waals surface area contributed by atoms with Gasteiger partial charge >= 0.3 is 0 Å². The molecular formula is C19H21ClN2O3. The zero-order valence-electron chi connectivity index (χ0n) is 14.6. The highest BCUT2D eigenvalue weighted by Gasteiger charge is 2.18. The van der Waals surface area contributed by atoms with E-state index in [1.165, 1.54) is 7.11 Å². The molecule has 2 rings (SSSR count). The van der Waals surface area contributed by atoms with Gasteiger partial charge in [-0.05, 0) is 25.1 Å². The lowest BCUT2D eigenvalue weighted by Crippen LogP contribution is -2.17. The normalized spacial score (nSPS) is 10.2. The minimum absolute atomic E-state index is 0.282. The summed E-state index contributed by atoms with van der Waals surface area (Å²) in [6, 6.07) is 11.7. The van der Waals surface area contributed by atoms with Gasteiger partial charge in [0, 0.05) is 17.7 Å². The Morgan fingerprint density at radius 2 is 1.76 bits per heavy atom. The highest BCUT2D eigenvalue weighted by molar-refractivity contribution is 6.33. The van der Waals surface area contributed by atoms with Crippen LogP contribution in [0.25, 0.3) is 0 Å². The van der Waals surface area contributed by atoms with Crippen molar-refractivity contribution in [3.05, 3.63) is 52.0 Å². The number of nitrogens with one attached hydrogen (secondary N) is 1. The van der Waals surface area contributed by atoms with E-state index in [1.54, 1.807) is 20.3 Å². The summed E-state index contributed by atoms with van der Waals surface area (Å²) in [4.78, 5) is 0. The Kier molecular flexibility index (Phi) is 6.93. The van der Waals surface area contributed by atoms with E-state index in [4.69, 9.17) is 25.8 Å². The number of nitriles is 1. The van der Waals surface area contributed by atoms with Crippen molar-refractivity contribution in [1.29, 1.82) is 5.26 Å². The summed E-state index contributed by atoms with van der Waals surface area (Å²) < 4.78 is 16.0. The van der Waals surface area contributed by atoms with Gasteiger partial charge in [0.1, 0.15) is 33.9 Å². The van der Waals surface area contributed by atoms with Crippen molar-refractivity contribution in [2.75, 3.05) is 27.9 Å². The van der Waals surface area contributed by atoms with E-state index in [0.717, 1.165) is 16.9 Å². The molecule has 0 spiro atoms. The van der Waals surface area contributed by atoms with Gasteiger partial charge in [-0.25, -0.2) is 0 Å². The molecule has 0 aliphatic heterocycles. The van der Waals surface area contributed by atoms with E-state index in [0.29, 0.717) is 31.0 Å². The average molecular weight is 361 g/mol. The third kappa shape index (κ3) is 4.36. The Hall–Kier alpha value is -2.42. The summed E-state index contributed by atoms with van der Waals surface area (Å²) in [5.41, 5.74) is 2.26. The summed E-state index contributed by atoms with van der Waals surface area (Å²) in [6.45, 7) is 1.40. The van der Waals surface area contributed by atoms with Crippen LogP contribution in [-0.2, 0) is 13.0 Å². The highest BCUT2D eigenvalue weighted by atomic mass is 35.5. The molecule has 2 aromatic carbocycles.